The van der Waals surface area contributed by atoms with E-state index in [0.717, 1.165) is 40.9 Å². The van der Waals surface area contributed by atoms with E-state index in [1.165, 1.54) is 4.68 Å². The van der Waals surface area contributed by atoms with E-state index in [9.17, 15) is 8.78 Å². The van der Waals surface area contributed by atoms with E-state index in [4.69, 9.17) is 0 Å². The average molecular weight is 339 g/mol. The van der Waals surface area contributed by atoms with Crippen molar-refractivity contribution in [1.29, 1.82) is 0 Å². The molecule has 4 aromatic rings. The van der Waals surface area contributed by atoms with Gasteiger partial charge in [0, 0.05) is 31.4 Å². The summed E-state index contributed by atoms with van der Waals surface area (Å²) in [6.45, 7) is 2.73. The molecule has 0 saturated carbocycles. The van der Waals surface area contributed by atoms with Gasteiger partial charge in [0.2, 0.25) is 0 Å². The van der Waals surface area contributed by atoms with Gasteiger partial charge in [0.15, 0.2) is 5.65 Å². The van der Waals surface area contributed by atoms with Crippen LogP contribution in [0.15, 0.2) is 48.8 Å². The first-order valence-electron chi connectivity index (χ1n) is 7.96. The SMILES string of the molecule is CCn1c(Cc2ccnn2-c2cc(F)ccc2F)nc2cccnc21. The molecular weight excluding hydrogens is 324 g/mol. The Labute approximate surface area is 142 Å². The number of aromatic nitrogens is 5. The number of benzene rings is 1. The summed E-state index contributed by atoms with van der Waals surface area (Å²) in [5.41, 5.74) is 2.41. The Morgan fingerprint density at radius 2 is 1.96 bits per heavy atom. The Kier molecular flexibility index (Phi) is 3.76. The van der Waals surface area contributed by atoms with Gasteiger partial charge in [-0.2, -0.15) is 5.10 Å². The zero-order valence-electron chi connectivity index (χ0n) is 13.5. The second-order valence-corrected chi connectivity index (χ2v) is 5.63. The van der Waals surface area contributed by atoms with Gasteiger partial charge in [0.05, 0.1) is 5.69 Å². The van der Waals surface area contributed by atoms with E-state index in [-0.39, 0.29) is 5.69 Å². The zero-order valence-corrected chi connectivity index (χ0v) is 13.5. The van der Waals surface area contributed by atoms with E-state index in [2.05, 4.69) is 15.1 Å². The van der Waals surface area contributed by atoms with Crippen molar-refractivity contribution in [2.45, 2.75) is 19.9 Å². The fraction of sp³-hybridized carbons (Fsp3) is 0.167. The molecule has 0 atom stereocenters. The molecule has 4 rings (SSSR count). The molecule has 0 spiro atoms. The summed E-state index contributed by atoms with van der Waals surface area (Å²) in [7, 11) is 0. The van der Waals surface area contributed by atoms with Crippen molar-refractivity contribution in [3.63, 3.8) is 0 Å². The van der Waals surface area contributed by atoms with Crippen LogP contribution < -0.4 is 0 Å². The highest BCUT2D eigenvalue weighted by Gasteiger charge is 2.16. The number of nitrogens with zero attached hydrogens (tertiary/aromatic N) is 5. The molecular formula is C18H15F2N5. The second kappa shape index (κ2) is 6.08. The van der Waals surface area contributed by atoms with Crippen molar-refractivity contribution in [1.82, 2.24) is 24.3 Å². The number of fused-ring (bicyclic) bond motifs is 1. The first kappa shape index (κ1) is 15.4. The van der Waals surface area contributed by atoms with Gasteiger partial charge < -0.3 is 4.57 Å². The predicted octanol–water partition coefficient (Wildman–Crippen LogP) is 3.51. The summed E-state index contributed by atoms with van der Waals surface area (Å²) in [6, 6.07) is 8.84. The number of hydrogen-bond acceptors (Lipinski definition) is 3. The summed E-state index contributed by atoms with van der Waals surface area (Å²) in [5, 5.41) is 4.15. The molecule has 1 aromatic carbocycles. The maximum atomic E-state index is 14.1. The Bertz CT molecular complexity index is 1050. The average Bonchev–Trinajstić information content (AvgIpc) is 3.21. The van der Waals surface area contributed by atoms with Crippen LogP contribution in [0.25, 0.3) is 16.9 Å². The van der Waals surface area contributed by atoms with Gasteiger partial charge in [-0.1, -0.05) is 0 Å². The monoisotopic (exact) mass is 339 g/mol. The maximum absolute atomic E-state index is 14.1. The molecule has 3 aromatic heterocycles. The number of halogens is 2. The molecule has 25 heavy (non-hydrogen) atoms. The van der Waals surface area contributed by atoms with Gasteiger partial charge in [-0.25, -0.2) is 23.4 Å². The summed E-state index contributed by atoms with van der Waals surface area (Å²) >= 11 is 0. The smallest absolute Gasteiger partial charge is 0.159 e. The van der Waals surface area contributed by atoms with Crippen LogP contribution in [0.1, 0.15) is 18.4 Å². The molecule has 3 heterocycles. The summed E-state index contributed by atoms with van der Waals surface area (Å²) in [6.07, 6.45) is 3.73. The fourth-order valence-electron chi connectivity index (χ4n) is 2.96. The van der Waals surface area contributed by atoms with Crippen molar-refractivity contribution in [3.05, 3.63) is 71.9 Å². The minimum Gasteiger partial charge on any atom is -0.313 e. The van der Waals surface area contributed by atoms with Gasteiger partial charge in [0.25, 0.3) is 0 Å². The summed E-state index contributed by atoms with van der Waals surface area (Å²) < 4.78 is 31.0. The fourth-order valence-corrected chi connectivity index (χ4v) is 2.96. The first-order chi connectivity index (χ1) is 12.2. The van der Waals surface area contributed by atoms with E-state index < -0.39 is 11.6 Å². The van der Waals surface area contributed by atoms with Gasteiger partial charge >= 0.3 is 0 Å². The largest absolute Gasteiger partial charge is 0.313 e. The minimum atomic E-state index is -0.531. The highest BCUT2D eigenvalue weighted by molar-refractivity contribution is 5.71. The van der Waals surface area contributed by atoms with Crippen LogP contribution in [-0.4, -0.2) is 24.3 Å². The van der Waals surface area contributed by atoms with E-state index >= 15 is 0 Å². The van der Waals surface area contributed by atoms with Gasteiger partial charge in [-0.05, 0) is 37.3 Å². The van der Waals surface area contributed by atoms with Crippen molar-refractivity contribution in [2.75, 3.05) is 0 Å². The molecule has 0 bridgehead atoms. The number of hydrogen-bond donors (Lipinski definition) is 0. The van der Waals surface area contributed by atoms with Crippen LogP contribution in [0.4, 0.5) is 8.78 Å². The predicted molar refractivity (Wildman–Crippen MR) is 89.5 cm³/mol. The topological polar surface area (TPSA) is 48.5 Å². The van der Waals surface area contributed by atoms with Crippen LogP contribution >= 0.6 is 0 Å². The third-order valence-electron chi connectivity index (χ3n) is 4.10. The molecule has 126 valence electrons. The molecule has 7 heteroatoms. The maximum Gasteiger partial charge on any atom is 0.159 e. The van der Waals surface area contributed by atoms with Crippen LogP contribution in [0.5, 0.6) is 0 Å². The number of aryl methyl sites for hydroxylation is 1. The molecule has 0 saturated heterocycles. The first-order valence-corrected chi connectivity index (χ1v) is 7.96. The standard InChI is InChI=1S/C18H15F2N5/c1-2-24-17(23-15-4-3-8-21-18(15)24)11-13-7-9-22-25(13)16-10-12(19)5-6-14(16)20/h3-10H,2,11H2,1H3. The van der Waals surface area contributed by atoms with Gasteiger partial charge in [0.1, 0.15) is 28.7 Å². The van der Waals surface area contributed by atoms with E-state index in [1.807, 2.05) is 23.6 Å². The molecule has 0 aliphatic rings. The van der Waals surface area contributed by atoms with Gasteiger partial charge in [-0.15, -0.1) is 0 Å². The molecule has 0 aliphatic heterocycles. The molecule has 5 nitrogen and oxygen atoms in total. The van der Waals surface area contributed by atoms with Crippen LogP contribution in [0.2, 0.25) is 0 Å². The van der Waals surface area contributed by atoms with Crippen molar-refractivity contribution in [2.24, 2.45) is 0 Å². The van der Waals surface area contributed by atoms with Crippen molar-refractivity contribution < 1.29 is 8.78 Å². The van der Waals surface area contributed by atoms with Crippen LogP contribution in [0.3, 0.4) is 0 Å². The number of rotatable bonds is 4. The molecule has 0 fully saturated rings. The normalized spacial score (nSPS) is 11.3. The summed E-state index contributed by atoms with van der Waals surface area (Å²) in [5.74, 6) is -0.241. The number of imidazole rings is 1. The molecule has 0 N–H and O–H groups in total. The molecule has 0 aliphatic carbocycles. The highest BCUT2D eigenvalue weighted by atomic mass is 19.1. The van der Waals surface area contributed by atoms with E-state index in [0.29, 0.717) is 13.0 Å². The summed E-state index contributed by atoms with van der Waals surface area (Å²) in [4.78, 5) is 9.00. The lowest BCUT2D eigenvalue weighted by molar-refractivity contribution is 0.583. The van der Waals surface area contributed by atoms with Crippen LogP contribution in [0, 0.1) is 11.6 Å². The lowest BCUT2D eigenvalue weighted by atomic mass is 10.2. The Hall–Kier alpha value is -3.09. The Morgan fingerprint density at radius 3 is 2.80 bits per heavy atom. The minimum absolute atomic E-state index is 0.0808. The third kappa shape index (κ3) is 2.67. The quantitative estimate of drug-likeness (QED) is 0.572. The second-order valence-electron chi connectivity index (χ2n) is 5.63. The van der Waals surface area contributed by atoms with Crippen molar-refractivity contribution >= 4 is 11.2 Å². The van der Waals surface area contributed by atoms with Gasteiger partial charge in [-0.3, -0.25) is 0 Å². The highest BCUT2D eigenvalue weighted by Crippen LogP contribution is 2.20. The Morgan fingerprint density at radius 1 is 1.08 bits per heavy atom. The Balaban J connectivity index is 1.79. The van der Waals surface area contributed by atoms with E-state index in [1.54, 1.807) is 18.5 Å². The lowest BCUT2D eigenvalue weighted by Crippen LogP contribution is -2.09. The lowest BCUT2D eigenvalue weighted by Gasteiger charge is -2.10. The van der Waals surface area contributed by atoms with Crippen molar-refractivity contribution in [3.8, 4) is 5.69 Å². The zero-order chi connectivity index (χ0) is 17.4. The number of pyridine rings is 1. The third-order valence-corrected chi connectivity index (χ3v) is 4.10. The molecule has 0 amide bonds. The molecule has 0 radical (unpaired) electrons. The molecule has 0 unspecified atom stereocenters. The van der Waals surface area contributed by atoms with Crippen LogP contribution in [-0.2, 0) is 13.0 Å².